The molecule has 0 aliphatic carbocycles. The van der Waals surface area contributed by atoms with Crippen molar-refractivity contribution in [3.8, 4) is 6.07 Å². The van der Waals surface area contributed by atoms with Gasteiger partial charge in [0.05, 0.1) is 18.5 Å². The fraction of sp³-hybridized carbons (Fsp3) is 0.467. The van der Waals surface area contributed by atoms with E-state index in [-0.39, 0.29) is 23.9 Å². The number of hydrogen-bond acceptors (Lipinski definition) is 3. The number of amides is 1. The van der Waals surface area contributed by atoms with E-state index in [1.165, 1.54) is 12.1 Å². The Bertz CT molecular complexity index is 563. The summed E-state index contributed by atoms with van der Waals surface area (Å²) in [4.78, 5) is 15.8. The highest BCUT2D eigenvalue weighted by atomic mass is 19.2. The first kappa shape index (κ1) is 15.4. The van der Waals surface area contributed by atoms with E-state index < -0.39 is 11.6 Å². The van der Waals surface area contributed by atoms with Gasteiger partial charge in [-0.2, -0.15) is 5.26 Å². The van der Waals surface area contributed by atoms with Crippen LogP contribution in [0, 0.1) is 23.0 Å². The first-order valence-corrected chi connectivity index (χ1v) is 6.87. The van der Waals surface area contributed by atoms with Gasteiger partial charge in [0, 0.05) is 31.7 Å². The Morgan fingerprint density at radius 3 is 2.62 bits per heavy atom. The zero-order valence-electron chi connectivity index (χ0n) is 11.9. The topological polar surface area (TPSA) is 47.3 Å². The van der Waals surface area contributed by atoms with Gasteiger partial charge >= 0.3 is 0 Å². The number of halogens is 2. The van der Waals surface area contributed by atoms with Crippen LogP contribution in [-0.2, 0) is 11.2 Å². The maximum Gasteiger partial charge on any atom is 0.227 e. The lowest BCUT2D eigenvalue weighted by Gasteiger charge is -2.36. The van der Waals surface area contributed by atoms with Crippen molar-refractivity contribution in [2.75, 3.05) is 26.2 Å². The summed E-state index contributed by atoms with van der Waals surface area (Å²) in [7, 11) is 0. The Kier molecular flexibility index (Phi) is 4.86. The van der Waals surface area contributed by atoms with Crippen molar-refractivity contribution in [3.05, 3.63) is 35.4 Å². The number of hydrogen-bond donors (Lipinski definition) is 0. The largest absolute Gasteiger partial charge is 0.340 e. The van der Waals surface area contributed by atoms with E-state index >= 15 is 0 Å². The van der Waals surface area contributed by atoms with Gasteiger partial charge in [-0.25, -0.2) is 8.78 Å². The van der Waals surface area contributed by atoms with Crippen LogP contribution >= 0.6 is 0 Å². The Morgan fingerprint density at radius 2 is 2.00 bits per heavy atom. The molecule has 1 saturated heterocycles. The first-order chi connectivity index (χ1) is 10.0. The number of carbonyl (C=O) groups excluding carboxylic acids is 1. The van der Waals surface area contributed by atoms with Crippen molar-refractivity contribution in [3.63, 3.8) is 0 Å². The van der Waals surface area contributed by atoms with Crippen molar-refractivity contribution < 1.29 is 13.6 Å². The molecular formula is C15H17F2N3O. The van der Waals surface area contributed by atoms with Crippen LogP contribution in [0.4, 0.5) is 8.78 Å². The summed E-state index contributed by atoms with van der Waals surface area (Å²) in [5.41, 5.74) is 0.0767. The predicted octanol–water partition coefficient (Wildman–Crippen LogP) is 1.56. The molecule has 0 saturated carbocycles. The Morgan fingerprint density at radius 1 is 1.33 bits per heavy atom. The van der Waals surface area contributed by atoms with Gasteiger partial charge in [0.2, 0.25) is 5.91 Å². The molecule has 1 atom stereocenters. The lowest BCUT2D eigenvalue weighted by Crippen LogP contribution is -2.51. The molecule has 1 aromatic carbocycles. The summed E-state index contributed by atoms with van der Waals surface area (Å²) in [5.74, 6) is -2.11. The van der Waals surface area contributed by atoms with Crippen LogP contribution in [0.5, 0.6) is 0 Å². The van der Waals surface area contributed by atoms with E-state index in [0.717, 1.165) is 6.07 Å². The van der Waals surface area contributed by atoms with E-state index in [1.54, 1.807) is 4.90 Å². The third-order valence-electron chi connectivity index (χ3n) is 3.77. The Hall–Kier alpha value is -2.00. The van der Waals surface area contributed by atoms with Crippen molar-refractivity contribution >= 4 is 5.91 Å². The molecule has 112 valence electrons. The fourth-order valence-electron chi connectivity index (χ4n) is 2.40. The second kappa shape index (κ2) is 6.64. The molecule has 0 spiro atoms. The molecule has 1 aromatic rings. The minimum Gasteiger partial charge on any atom is -0.340 e. The number of carbonyl (C=O) groups is 1. The molecular weight excluding hydrogens is 276 g/mol. The highest BCUT2D eigenvalue weighted by molar-refractivity contribution is 5.79. The SMILES string of the molecule is CC(C#N)N1CCN(C(=O)Cc2cccc(F)c2F)CC1. The third kappa shape index (κ3) is 3.56. The van der Waals surface area contributed by atoms with Crippen LogP contribution in [0.15, 0.2) is 18.2 Å². The monoisotopic (exact) mass is 293 g/mol. The second-order valence-electron chi connectivity index (χ2n) is 5.11. The average molecular weight is 293 g/mol. The molecule has 2 rings (SSSR count). The van der Waals surface area contributed by atoms with Gasteiger partial charge < -0.3 is 4.90 Å². The van der Waals surface area contributed by atoms with Crippen LogP contribution in [0.1, 0.15) is 12.5 Å². The van der Waals surface area contributed by atoms with Crippen LogP contribution in [0.25, 0.3) is 0 Å². The maximum atomic E-state index is 13.6. The van der Waals surface area contributed by atoms with Crippen LogP contribution in [0.3, 0.4) is 0 Å². The standard InChI is InChI=1S/C15H17F2N3O/c1-11(10-18)19-5-7-20(8-6-19)14(21)9-12-3-2-4-13(16)15(12)17/h2-4,11H,5-9H2,1H3. The number of piperazine rings is 1. The zero-order valence-corrected chi connectivity index (χ0v) is 11.9. The normalized spacial score (nSPS) is 17.3. The van der Waals surface area contributed by atoms with Gasteiger partial charge in [0.1, 0.15) is 0 Å². The highest BCUT2D eigenvalue weighted by Crippen LogP contribution is 2.14. The molecule has 4 nitrogen and oxygen atoms in total. The summed E-state index contributed by atoms with van der Waals surface area (Å²) in [6.45, 7) is 4.06. The summed E-state index contributed by atoms with van der Waals surface area (Å²) < 4.78 is 26.7. The molecule has 0 aromatic heterocycles. The molecule has 1 aliphatic heterocycles. The van der Waals surface area contributed by atoms with Crippen LogP contribution in [-0.4, -0.2) is 47.9 Å². The highest BCUT2D eigenvalue weighted by Gasteiger charge is 2.24. The average Bonchev–Trinajstić information content (AvgIpc) is 2.51. The van der Waals surface area contributed by atoms with Crippen LogP contribution < -0.4 is 0 Å². The summed E-state index contributed by atoms with van der Waals surface area (Å²) in [5, 5.41) is 8.86. The molecule has 1 amide bonds. The van der Waals surface area contributed by atoms with E-state index in [9.17, 15) is 13.6 Å². The van der Waals surface area contributed by atoms with Gasteiger partial charge in [-0.3, -0.25) is 9.69 Å². The van der Waals surface area contributed by atoms with Gasteiger partial charge in [0.15, 0.2) is 11.6 Å². The van der Waals surface area contributed by atoms with Crippen molar-refractivity contribution in [2.24, 2.45) is 0 Å². The van der Waals surface area contributed by atoms with Crippen molar-refractivity contribution in [1.82, 2.24) is 9.80 Å². The van der Waals surface area contributed by atoms with Gasteiger partial charge in [-0.15, -0.1) is 0 Å². The molecule has 1 unspecified atom stereocenters. The first-order valence-electron chi connectivity index (χ1n) is 6.87. The van der Waals surface area contributed by atoms with Crippen molar-refractivity contribution in [2.45, 2.75) is 19.4 Å². The van der Waals surface area contributed by atoms with E-state index in [2.05, 4.69) is 6.07 Å². The second-order valence-corrected chi connectivity index (χ2v) is 5.11. The summed E-state index contributed by atoms with van der Waals surface area (Å²) in [6.07, 6.45) is -0.141. The number of rotatable bonds is 3. The minimum absolute atomic E-state index is 0.0767. The fourth-order valence-corrected chi connectivity index (χ4v) is 2.40. The molecule has 6 heteroatoms. The summed E-state index contributed by atoms with van der Waals surface area (Å²) in [6, 6.07) is 5.84. The van der Waals surface area contributed by atoms with E-state index in [1.807, 2.05) is 11.8 Å². The minimum atomic E-state index is -0.956. The third-order valence-corrected chi connectivity index (χ3v) is 3.77. The lowest BCUT2D eigenvalue weighted by atomic mass is 10.1. The van der Waals surface area contributed by atoms with Gasteiger partial charge in [-0.05, 0) is 13.0 Å². The molecule has 0 bridgehead atoms. The lowest BCUT2D eigenvalue weighted by molar-refractivity contribution is -0.132. The molecule has 1 heterocycles. The molecule has 21 heavy (non-hydrogen) atoms. The van der Waals surface area contributed by atoms with Gasteiger partial charge in [0.25, 0.3) is 0 Å². The molecule has 0 N–H and O–H groups in total. The van der Waals surface area contributed by atoms with E-state index in [4.69, 9.17) is 5.26 Å². The van der Waals surface area contributed by atoms with E-state index in [0.29, 0.717) is 26.2 Å². The van der Waals surface area contributed by atoms with Crippen LogP contribution in [0.2, 0.25) is 0 Å². The number of benzene rings is 1. The van der Waals surface area contributed by atoms with Crippen molar-refractivity contribution in [1.29, 1.82) is 5.26 Å². The maximum absolute atomic E-state index is 13.6. The summed E-state index contributed by atoms with van der Waals surface area (Å²) >= 11 is 0. The quantitative estimate of drug-likeness (QED) is 0.850. The smallest absolute Gasteiger partial charge is 0.227 e. The molecule has 1 fully saturated rings. The molecule has 1 aliphatic rings. The predicted molar refractivity (Wildman–Crippen MR) is 73.3 cm³/mol. The Balaban J connectivity index is 1.94. The molecule has 0 radical (unpaired) electrons. The number of nitriles is 1. The zero-order chi connectivity index (χ0) is 15.4. The van der Waals surface area contributed by atoms with Gasteiger partial charge in [-0.1, -0.05) is 12.1 Å². The Labute approximate surface area is 122 Å². The number of nitrogens with zero attached hydrogens (tertiary/aromatic N) is 3.